The number of hydrogen-bond donors (Lipinski definition) is 2. The number of rotatable bonds is 4. The van der Waals surface area contributed by atoms with E-state index in [-0.39, 0.29) is 6.10 Å². The van der Waals surface area contributed by atoms with Crippen molar-refractivity contribution >= 4 is 11.6 Å². The van der Waals surface area contributed by atoms with E-state index in [0.717, 1.165) is 25.1 Å². The maximum atomic E-state index is 6.01. The number of benzene rings is 2. The summed E-state index contributed by atoms with van der Waals surface area (Å²) in [5.41, 5.74) is 8.18. The van der Waals surface area contributed by atoms with Gasteiger partial charge in [-0.1, -0.05) is 48.5 Å². The Bertz CT molecular complexity index is 628. The predicted octanol–water partition coefficient (Wildman–Crippen LogP) is 3.58. The van der Waals surface area contributed by atoms with Crippen LogP contribution in [0.2, 0.25) is 0 Å². The van der Waals surface area contributed by atoms with Crippen molar-refractivity contribution in [2.75, 3.05) is 18.5 Å². The predicted molar refractivity (Wildman–Crippen MR) is 94.4 cm³/mol. The highest BCUT2D eigenvalue weighted by atomic mass is 16.5. The van der Waals surface area contributed by atoms with Crippen molar-refractivity contribution in [1.29, 1.82) is 0 Å². The lowest BCUT2D eigenvalue weighted by Gasteiger charge is -2.31. The third-order valence-electron chi connectivity index (χ3n) is 4.12. The minimum absolute atomic E-state index is 0.109. The Hall–Kier alpha value is -2.33. The van der Waals surface area contributed by atoms with E-state index >= 15 is 0 Å². The van der Waals surface area contributed by atoms with Gasteiger partial charge in [0.1, 0.15) is 0 Å². The topological polar surface area (TPSA) is 59.6 Å². The number of ether oxygens (including phenoxy) is 1. The third-order valence-corrected chi connectivity index (χ3v) is 4.12. The maximum absolute atomic E-state index is 6.01. The van der Waals surface area contributed by atoms with E-state index in [9.17, 15) is 0 Å². The van der Waals surface area contributed by atoms with Gasteiger partial charge in [-0.3, -0.25) is 4.99 Å². The Morgan fingerprint density at radius 3 is 2.52 bits per heavy atom. The maximum Gasteiger partial charge on any atom is 0.193 e. The smallest absolute Gasteiger partial charge is 0.193 e. The minimum Gasteiger partial charge on any atom is -0.373 e. The van der Waals surface area contributed by atoms with Crippen LogP contribution in [0.1, 0.15) is 24.5 Å². The van der Waals surface area contributed by atoms with Crippen LogP contribution >= 0.6 is 0 Å². The van der Waals surface area contributed by atoms with Crippen molar-refractivity contribution in [2.45, 2.75) is 18.9 Å². The van der Waals surface area contributed by atoms with E-state index < -0.39 is 0 Å². The van der Waals surface area contributed by atoms with Gasteiger partial charge in [-0.25, -0.2) is 0 Å². The number of nitrogens with two attached hydrogens (primary N) is 1. The molecule has 120 valence electrons. The van der Waals surface area contributed by atoms with Crippen molar-refractivity contribution < 1.29 is 4.74 Å². The Kier molecular flexibility index (Phi) is 5.27. The van der Waals surface area contributed by atoms with E-state index in [1.165, 1.54) is 5.56 Å². The fraction of sp³-hybridized carbons (Fsp3) is 0.316. The highest BCUT2D eigenvalue weighted by Crippen LogP contribution is 2.33. The lowest BCUT2D eigenvalue weighted by Crippen LogP contribution is -2.28. The van der Waals surface area contributed by atoms with Gasteiger partial charge >= 0.3 is 0 Å². The average Bonchev–Trinajstić information content (AvgIpc) is 2.62. The zero-order chi connectivity index (χ0) is 15.9. The van der Waals surface area contributed by atoms with Gasteiger partial charge < -0.3 is 15.8 Å². The summed E-state index contributed by atoms with van der Waals surface area (Å²) in [7, 11) is 0. The van der Waals surface area contributed by atoms with Crippen molar-refractivity contribution in [3.63, 3.8) is 0 Å². The van der Waals surface area contributed by atoms with E-state index in [1.807, 2.05) is 36.4 Å². The summed E-state index contributed by atoms with van der Waals surface area (Å²) in [6, 6.07) is 20.2. The van der Waals surface area contributed by atoms with Crippen molar-refractivity contribution in [2.24, 2.45) is 16.6 Å². The molecule has 4 heteroatoms. The summed E-state index contributed by atoms with van der Waals surface area (Å²) < 4.78 is 6.00. The molecular weight excluding hydrogens is 286 g/mol. The average molecular weight is 309 g/mol. The molecule has 2 aromatic rings. The van der Waals surface area contributed by atoms with Crippen LogP contribution in [-0.2, 0) is 4.74 Å². The van der Waals surface area contributed by atoms with Gasteiger partial charge in [0.2, 0.25) is 0 Å². The molecule has 0 spiro atoms. The summed E-state index contributed by atoms with van der Waals surface area (Å²) in [4.78, 5) is 4.52. The molecule has 4 nitrogen and oxygen atoms in total. The fourth-order valence-electron chi connectivity index (χ4n) is 2.97. The minimum atomic E-state index is 0.109. The van der Waals surface area contributed by atoms with Crippen LogP contribution in [0, 0.1) is 5.92 Å². The molecule has 0 aliphatic carbocycles. The molecule has 23 heavy (non-hydrogen) atoms. The second kappa shape index (κ2) is 7.79. The molecule has 0 radical (unpaired) electrons. The largest absolute Gasteiger partial charge is 0.373 e. The van der Waals surface area contributed by atoms with Gasteiger partial charge in [-0.05, 0) is 30.5 Å². The zero-order valence-electron chi connectivity index (χ0n) is 13.2. The van der Waals surface area contributed by atoms with Crippen LogP contribution in [0.15, 0.2) is 65.7 Å². The molecule has 0 amide bonds. The standard InChI is InChI=1S/C19H23N3O/c20-19(22-17-11-5-2-6-12-17)21-14-16-10-7-13-23-18(16)15-8-3-1-4-9-15/h1-6,8-9,11-12,16,18H,7,10,13-14H2,(H3,20,21,22). The van der Waals surface area contributed by atoms with Crippen molar-refractivity contribution in [3.8, 4) is 0 Å². The Morgan fingerprint density at radius 1 is 1.09 bits per heavy atom. The van der Waals surface area contributed by atoms with Crippen LogP contribution in [0.4, 0.5) is 5.69 Å². The van der Waals surface area contributed by atoms with E-state index in [2.05, 4.69) is 34.6 Å². The lowest BCUT2D eigenvalue weighted by molar-refractivity contribution is -0.0249. The molecule has 2 atom stereocenters. The fourth-order valence-corrected chi connectivity index (χ4v) is 2.97. The SMILES string of the molecule is NC(=NCC1CCCOC1c1ccccc1)Nc1ccccc1. The van der Waals surface area contributed by atoms with E-state index in [4.69, 9.17) is 10.5 Å². The number of aliphatic imine (C=N–C) groups is 1. The zero-order valence-corrected chi connectivity index (χ0v) is 13.2. The molecule has 1 aliphatic rings. The molecule has 1 fully saturated rings. The van der Waals surface area contributed by atoms with Gasteiger partial charge in [0.05, 0.1) is 6.10 Å². The summed E-state index contributed by atoms with van der Waals surface area (Å²) >= 11 is 0. The Labute approximate surface area is 137 Å². The number of anilines is 1. The summed E-state index contributed by atoms with van der Waals surface area (Å²) in [6.07, 6.45) is 2.30. The van der Waals surface area contributed by atoms with E-state index in [1.54, 1.807) is 0 Å². The van der Waals surface area contributed by atoms with Crippen LogP contribution < -0.4 is 11.1 Å². The number of nitrogens with zero attached hydrogens (tertiary/aromatic N) is 1. The Balaban J connectivity index is 1.64. The quantitative estimate of drug-likeness (QED) is 0.670. The van der Waals surface area contributed by atoms with Gasteiger partial charge in [-0.15, -0.1) is 0 Å². The van der Waals surface area contributed by atoms with E-state index in [0.29, 0.717) is 18.4 Å². The molecule has 2 aromatic carbocycles. The third kappa shape index (κ3) is 4.33. The number of guanidine groups is 1. The molecule has 1 saturated heterocycles. The Morgan fingerprint density at radius 2 is 1.78 bits per heavy atom. The highest BCUT2D eigenvalue weighted by molar-refractivity contribution is 5.92. The lowest BCUT2D eigenvalue weighted by atomic mass is 9.89. The molecule has 1 heterocycles. The normalized spacial score (nSPS) is 21.8. The number of hydrogen-bond acceptors (Lipinski definition) is 2. The van der Waals surface area contributed by atoms with Crippen LogP contribution in [-0.4, -0.2) is 19.1 Å². The van der Waals surface area contributed by atoms with Crippen LogP contribution in [0.25, 0.3) is 0 Å². The summed E-state index contributed by atoms with van der Waals surface area (Å²) in [6.45, 7) is 1.49. The molecule has 1 aliphatic heterocycles. The molecular formula is C19H23N3O. The molecule has 3 rings (SSSR count). The first-order chi connectivity index (χ1) is 11.3. The second-order valence-electron chi connectivity index (χ2n) is 5.82. The first-order valence-electron chi connectivity index (χ1n) is 8.11. The highest BCUT2D eigenvalue weighted by Gasteiger charge is 2.27. The van der Waals surface area contributed by atoms with Crippen LogP contribution in [0.3, 0.4) is 0 Å². The molecule has 0 bridgehead atoms. The van der Waals surface area contributed by atoms with Gasteiger partial charge in [0.15, 0.2) is 5.96 Å². The van der Waals surface area contributed by atoms with Gasteiger partial charge in [0, 0.05) is 24.8 Å². The van der Waals surface area contributed by atoms with Crippen molar-refractivity contribution in [3.05, 3.63) is 66.2 Å². The monoisotopic (exact) mass is 309 g/mol. The summed E-state index contributed by atoms with van der Waals surface area (Å²) in [5, 5.41) is 3.12. The molecule has 2 unspecified atom stereocenters. The number of nitrogens with one attached hydrogen (secondary N) is 1. The number of para-hydroxylation sites is 1. The first-order valence-corrected chi connectivity index (χ1v) is 8.11. The van der Waals surface area contributed by atoms with Crippen LogP contribution in [0.5, 0.6) is 0 Å². The first kappa shape index (κ1) is 15.6. The molecule has 3 N–H and O–H groups in total. The molecule has 0 aromatic heterocycles. The summed E-state index contributed by atoms with van der Waals surface area (Å²) in [5.74, 6) is 0.816. The molecule has 0 saturated carbocycles. The van der Waals surface area contributed by atoms with Gasteiger partial charge in [-0.2, -0.15) is 0 Å². The second-order valence-corrected chi connectivity index (χ2v) is 5.82. The van der Waals surface area contributed by atoms with Gasteiger partial charge in [0.25, 0.3) is 0 Å². The van der Waals surface area contributed by atoms with Crippen molar-refractivity contribution in [1.82, 2.24) is 0 Å².